The molecule has 3 aromatic heterocycles. The first-order valence-electron chi connectivity index (χ1n) is 9.29. The van der Waals surface area contributed by atoms with Crippen LogP contribution in [0.1, 0.15) is 23.0 Å². The Morgan fingerprint density at radius 3 is 2.76 bits per heavy atom. The molecule has 29 heavy (non-hydrogen) atoms. The van der Waals surface area contributed by atoms with Crippen LogP contribution >= 0.6 is 0 Å². The lowest BCUT2D eigenvalue weighted by molar-refractivity contribution is 0.0946. The van der Waals surface area contributed by atoms with E-state index in [-0.39, 0.29) is 5.91 Å². The molecule has 4 aromatic rings. The lowest BCUT2D eigenvalue weighted by atomic mass is 10.2. The molecule has 1 amide bonds. The topological polar surface area (TPSA) is 77.8 Å². The van der Waals surface area contributed by atoms with Crippen molar-refractivity contribution in [3.05, 3.63) is 84.4 Å². The highest BCUT2D eigenvalue weighted by Gasteiger charge is 2.12. The van der Waals surface area contributed by atoms with Crippen molar-refractivity contribution in [3.8, 4) is 17.4 Å². The molecular weight excluding hydrogens is 368 g/mol. The highest BCUT2D eigenvalue weighted by Crippen LogP contribution is 2.29. The number of carbonyl (C=O) groups is 1. The van der Waals surface area contributed by atoms with Gasteiger partial charge in [-0.3, -0.25) is 4.79 Å². The zero-order chi connectivity index (χ0) is 20.1. The Kier molecular flexibility index (Phi) is 5.38. The third-order valence-corrected chi connectivity index (χ3v) is 4.20. The van der Waals surface area contributed by atoms with Crippen molar-refractivity contribution in [2.24, 2.45) is 0 Å². The lowest BCUT2D eigenvalue weighted by Gasteiger charge is -2.09. The summed E-state index contributed by atoms with van der Waals surface area (Å²) in [4.78, 5) is 21.0. The molecule has 0 aliphatic heterocycles. The number of aromatic nitrogens is 3. The summed E-state index contributed by atoms with van der Waals surface area (Å²) in [5, 5.41) is 2.88. The van der Waals surface area contributed by atoms with Crippen LogP contribution in [0.25, 0.3) is 5.65 Å². The predicted molar refractivity (Wildman–Crippen MR) is 108 cm³/mol. The molecule has 0 aliphatic rings. The SMILES string of the molecule is CCOc1cccnc1Oc1ccc2nc(C(=O)NCc3ccccc3)cn2c1. The van der Waals surface area contributed by atoms with E-state index in [0.29, 0.717) is 41.9 Å². The molecule has 0 fully saturated rings. The minimum Gasteiger partial charge on any atom is -0.488 e. The third kappa shape index (κ3) is 4.35. The van der Waals surface area contributed by atoms with Crippen LogP contribution in [-0.2, 0) is 6.54 Å². The number of amides is 1. The van der Waals surface area contributed by atoms with Crippen molar-refractivity contribution in [1.29, 1.82) is 0 Å². The molecular formula is C22H20N4O3. The molecule has 0 aliphatic carbocycles. The zero-order valence-corrected chi connectivity index (χ0v) is 15.9. The van der Waals surface area contributed by atoms with E-state index in [0.717, 1.165) is 5.56 Å². The maximum absolute atomic E-state index is 12.4. The number of nitrogens with zero attached hydrogens (tertiary/aromatic N) is 3. The van der Waals surface area contributed by atoms with Crippen LogP contribution in [0.15, 0.2) is 73.2 Å². The second-order valence-electron chi connectivity index (χ2n) is 6.27. The van der Waals surface area contributed by atoms with Gasteiger partial charge in [0.1, 0.15) is 17.1 Å². The van der Waals surface area contributed by atoms with Crippen molar-refractivity contribution >= 4 is 11.6 Å². The normalized spacial score (nSPS) is 10.7. The smallest absolute Gasteiger partial charge is 0.271 e. The highest BCUT2D eigenvalue weighted by atomic mass is 16.5. The molecule has 0 bridgehead atoms. The number of fused-ring (bicyclic) bond motifs is 1. The minimum absolute atomic E-state index is 0.233. The van der Waals surface area contributed by atoms with Gasteiger partial charge in [0, 0.05) is 18.9 Å². The average molecular weight is 388 g/mol. The monoisotopic (exact) mass is 388 g/mol. The Hall–Kier alpha value is -3.87. The predicted octanol–water partition coefficient (Wildman–Crippen LogP) is 3.85. The minimum atomic E-state index is -0.233. The molecule has 146 valence electrons. The van der Waals surface area contributed by atoms with Crippen LogP contribution in [0, 0.1) is 0 Å². The summed E-state index contributed by atoms with van der Waals surface area (Å²) in [6, 6.07) is 16.9. The lowest BCUT2D eigenvalue weighted by Crippen LogP contribution is -2.23. The quantitative estimate of drug-likeness (QED) is 0.520. The number of pyridine rings is 2. The summed E-state index contributed by atoms with van der Waals surface area (Å²) in [6.07, 6.45) is 5.06. The average Bonchev–Trinajstić information content (AvgIpc) is 3.18. The number of hydrogen-bond donors (Lipinski definition) is 1. The van der Waals surface area contributed by atoms with E-state index >= 15 is 0 Å². The fourth-order valence-corrected chi connectivity index (χ4v) is 2.84. The van der Waals surface area contributed by atoms with Crippen LogP contribution in [0.2, 0.25) is 0 Å². The summed E-state index contributed by atoms with van der Waals surface area (Å²) in [6.45, 7) is 2.87. The molecule has 1 N–H and O–H groups in total. The van der Waals surface area contributed by atoms with Gasteiger partial charge in [-0.05, 0) is 36.8 Å². The van der Waals surface area contributed by atoms with Gasteiger partial charge in [0.05, 0.1) is 12.8 Å². The Morgan fingerprint density at radius 1 is 1.07 bits per heavy atom. The van der Waals surface area contributed by atoms with Gasteiger partial charge in [-0.1, -0.05) is 30.3 Å². The summed E-state index contributed by atoms with van der Waals surface area (Å²) in [5.74, 6) is 1.28. The number of rotatable bonds is 7. The van der Waals surface area contributed by atoms with Gasteiger partial charge < -0.3 is 19.2 Å². The standard InChI is InChI=1S/C22H20N4O3/c1-2-28-19-9-6-12-23-22(19)29-17-10-11-20-25-18(15-26(20)14-17)21(27)24-13-16-7-4-3-5-8-16/h3-12,14-15H,2,13H2,1H3,(H,24,27). The van der Waals surface area contributed by atoms with E-state index in [2.05, 4.69) is 15.3 Å². The van der Waals surface area contributed by atoms with Crippen LogP contribution in [0.4, 0.5) is 0 Å². The first-order chi connectivity index (χ1) is 14.2. The second-order valence-corrected chi connectivity index (χ2v) is 6.27. The Bertz CT molecular complexity index is 1130. The van der Waals surface area contributed by atoms with Crippen LogP contribution in [-0.4, -0.2) is 26.9 Å². The molecule has 3 heterocycles. The zero-order valence-electron chi connectivity index (χ0n) is 15.9. The summed E-state index contributed by atoms with van der Waals surface area (Å²) < 4.78 is 13.1. The van der Waals surface area contributed by atoms with Gasteiger partial charge in [0.2, 0.25) is 0 Å². The first kappa shape index (κ1) is 18.5. The Morgan fingerprint density at radius 2 is 1.93 bits per heavy atom. The molecule has 1 aromatic carbocycles. The maximum atomic E-state index is 12.4. The first-order valence-corrected chi connectivity index (χ1v) is 9.29. The fourth-order valence-electron chi connectivity index (χ4n) is 2.84. The van der Waals surface area contributed by atoms with E-state index < -0.39 is 0 Å². The molecule has 0 saturated carbocycles. The van der Waals surface area contributed by atoms with Crippen LogP contribution < -0.4 is 14.8 Å². The van der Waals surface area contributed by atoms with E-state index in [1.807, 2.05) is 37.3 Å². The number of nitrogens with one attached hydrogen (secondary N) is 1. The molecule has 0 radical (unpaired) electrons. The van der Waals surface area contributed by atoms with Crippen molar-refractivity contribution < 1.29 is 14.3 Å². The van der Waals surface area contributed by atoms with Crippen LogP contribution in [0.3, 0.4) is 0 Å². The summed E-state index contributed by atoms with van der Waals surface area (Å²) in [5.41, 5.74) is 2.01. The number of carbonyl (C=O) groups excluding carboxylic acids is 1. The number of benzene rings is 1. The second kappa shape index (κ2) is 8.43. The van der Waals surface area contributed by atoms with Gasteiger partial charge in [-0.15, -0.1) is 0 Å². The van der Waals surface area contributed by atoms with E-state index in [1.165, 1.54) is 0 Å². The largest absolute Gasteiger partial charge is 0.488 e. The van der Waals surface area contributed by atoms with E-state index in [9.17, 15) is 4.79 Å². The number of ether oxygens (including phenoxy) is 2. The fraction of sp³-hybridized carbons (Fsp3) is 0.136. The highest BCUT2D eigenvalue weighted by molar-refractivity contribution is 5.92. The molecule has 7 nitrogen and oxygen atoms in total. The van der Waals surface area contributed by atoms with Gasteiger partial charge in [0.15, 0.2) is 5.75 Å². The molecule has 0 spiro atoms. The number of imidazole rings is 1. The Labute approximate surface area is 168 Å². The van der Waals surface area contributed by atoms with Crippen molar-refractivity contribution in [1.82, 2.24) is 19.7 Å². The summed E-state index contributed by atoms with van der Waals surface area (Å²) >= 11 is 0. The van der Waals surface area contributed by atoms with Crippen LogP contribution in [0.5, 0.6) is 17.4 Å². The Balaban J connectivity index is 1.50. The van der Waals surface area contributed by atoms with Crippen molar-refractivity contribution in [3.63, 3.8) is 0 Å². The van der Waals surface area contributed by atoms with Gasteiger partial charge in [-0.25, -0.2) is 9.97 Å². The molecule has 4 rings (SSSR count). The van der Waals surface area contributed by atoms with Crippen molar-refractivity contribution in [2.75, 3.05) is 6.61 Å². The molecule has 7 heteroatoms. The van der Waals surface area contributed by atoms with E-state index in [4.69, 9.17) is 9.47 Å². The summed E-state index contributed by atoms with van der Waals surface area (Å²) in [7, 11) is 0. The van der Waals surface area contributed by atoms with Crippen molar-refractivity contribution in [2.45, 2.75) is 13.5 Å². The van der Waals surface area contributed by atoms with E-state index in [1.54, 1.807) is 47.3 Å². The van der Waals surface area contributed by atoms with Gasteiger partial charge >= 0.3 is 0 Å². The molecule has 0 unspecified atom stereocenters. The third-order valence-electron chi connectivity index (χ3n) is 4.20. The number of hydrogen-bond acceptors (Lipinski definition) is 5. The van der Waals surface area contributed by atoms with Gasteiger partial charge in [0.25, 0.3) is 11.8 Å². The maximum Gasteiger partial charge on any atom is 0.271 e. The molecule has 0 atom stereocenters. The van der Waals surface area contributed by atoms with Gasteiger partial charge in [-0.2, -0.15) is 0 Å². The molecule has 0 saturated heterocycles.